The lowest BCUT2D eigenvalue weighted by molar-refractivity contribution is -0.432. The molecular formula is C17H24F8O3. The molecular weight excluding hydrogens is 404 g/mol. The molecule has 166 valence electrons. The van der Waals surface area contributed by atoms with Gasteiger partial charge in [0.2, 0.25) is 0 Å². The first-order valence-corrected chi connectivity index (χ1v) is 8.07. The second kappa shape index (κ2) is 7.46. The molecule has 28 heavy (non-hydrogen) atoms. The summed E-state index contributed by atoms with van der Waals surface area (Å²) < 4.78 is 109. The third kappa shape index (κ3) is 4.44. The number of hydrogen-bond acceptors (Lipinski definition) is 3. The highest BCUT2D eigenvalue weighted by atomic mass is 19.4. The Morgan fingerprint density at radius 2 is 1.25 bits per heavy atom. The third-order valence-electron chi connectivity index (χ3n) is 4.66. The molecule has 0 rings (SSSR count). The molecule has 2 atom stereocenters. The quantitative estimate of drug-likeness (QED) is 0.361. The number of esters is 1. The summed E-state index contributed by atoms with van der Waals surface area (Å²) in [6.07, 6.45) is -15.5. The van der Waals surface area contributed by atoms with Crippen molar-refractivity contribution < 1.29 is 49.8 Å². The van der Waals surface area contributed by atoms with Crippen molar-refractivity contribution in [2.45, 2.75) is 78.4 Å². The predicted molar refractivity (Wildman–Crippen MR) is 84.6 cm³/mol. The van der Waals surface area contributed by atoms with Crippen molar-refractivity contribution in [1.82, 2.24) is 0 Å². The van der Waals surface area contributed by atoms with Crippen LogP contribution in [0.25, 0.3) is 0 Å². The fraction of sp³-hybridized carbons (Fsp3) is 0.824. The zero-order valence-corrected chi connectivity index (χ0v) is 16.4. The topological polar surface area (TPSA) is 46.5 Å². The van der Waals surface area contributed by atoms with Crippen LogP contribution in [0.5, 0.6) is 0 Å². The summed E-state index contributed by atoms with van der Waals surface area (Å²) in [5.74, 6) is -7.37. The molecule has 0 aliphatic rings. The number of aliphatic hydroxyl groups is 1. The number of hydrogen-bond donors (Lipinski definition) is 1. The van der Waals surface area contributed by atoms with Gasteiger partial charge in [-0.25, -0.2) is 0 Å². The van der Waals surface area contributed by atoms with E-state index in [9.17, 15) is 39.9 Å². The smallest absolute Gasteiger partial charge is 0.432 e. The minimum Gasteiger partial charge on any atom is -0.455 e. The monoisotopic (exact) mass is 428 g/mol. The maximum Gasteiger partial charge on any atom is 0.432 e. The zero-order chi connectivity index (χ0) is 23.1. The van der Waals surface area contributed by atoms with Gasteiger partial charge in [0, 0.05) is 0 Å². The normalized spacial score (nSPS) is 17.6. The van der Waals surface area contributed by atoms with E-state index in [1.165, 1.54) is 33.8 Å². The molecule has 0 aromatic rings. The molecule has 0 fully saturated rings. The molecule has 0 saturated carbocycles. The highest BCUT2D eigenvalue weighted by Crippen LogP contribution is 2.53. The van der Waals surface area contributed by atoms with Gasteiger partial charge >= 0.3 is 29.8 Å². The molecule has 0 aromatic carbocycles. The van der Waals surface area contributed by atoms with Gasteiger partial charge in [0.1, 0.15) is 0 Å². The van der Waals surface area contributed by atoms with E-state index in [1.807, 2.05) is 0 Å². The molecule has 0 aliphatic heterocycles. The van der Waals surface area contributed by atoms with E-state index in [-0.39, 0.29) is 6.92 Å². The number of alkyl halides is 8. The minimum atomic E-state index is -6.78. The third-order valence-corrected chi connectivity index (χ3v) is 4.66. The SMILES string of the molecule is CC(C)=CC(C)(C(=O)OC(C)C(F)(F)C(O)(C(F)(F)F)C(F)(F)F)C(C)(C)C. The van der Waals surface area contributed by atoms with Gasteiger partial charge < -0.3 is 9.84 Å². The molecule has 0 bridgehead atoms. The minimum absolute atomic E-state index is 0.159. The fourth-order valence-electron chi connectivity index (χ4n) is 2.35. The van der Waals surface area contributed by atoms with E-state index >= 15 is 0 Å². The van der Waals surface area contributed by atoms with Gasteiger partial charge in [-0.3, -0.25) is 4.79 Å². The molecule has 0 aliphatic carbocycles. The van der Waals surface area contributed by atoms with Crippen LogP contribution in [-0.4, -0.2) is 41.1 Å². The van der Waals surface area contributed by atoms with E-state index in [4.69, 9.17) is 5.11 Å². The van der Waals surface area contributed by atoms with Crippen molar-refractivity contribution in [2.75, 3.05) is 0 Å². The van der Waals surface area contributed by atoms with Crippen LogP contribution in [0, 0.1) is 10.8 Å². The largest absolute Gasteiger partial charge is 0.455 e. The summed E-state index contributed by atoms with van der Waals surface area (Å²) in [5.41, 5.74) is -8.50. The van der Waals surface area contributed by atoms with Crippen LogP contribution in [0.4, 0.5) is 35.1 Å². The fourth-order valence-corrected chi connectivity index (χ4v) is 2.35. The van der Waals surface area contributed by atoms with Crippen molar-refractivity contribution in [3.8, 4) is 0 Å². The Kier molecular flexibility index (Phi) is 7.09. The lowest BCUT2D eigenvalue weighted by Gasteiger charge is -2.42. The molecule has 0 spiro atoms. The first kappa shape index (κ1) is 26.6. The average molecular weight is 428 g/mol. The maximum absolute atomic E-state index is 14.2. The number of rotatable bonds is 5. The number of ether oxygens (including phenoxy) is 1. The summed E-state index contributed by atoms with van der Waals surface area (Å²) >= 11 is 0. The first-order chi connectivity index (χ1) is 12.0. The summed E-state index contributed by atoms with van der Waals surface area (Å²) in [5, 5.41) is 9.00. The highest BCUT2D eigenvalue weighted by molar-refractivity contribution is 5.80. The Balaban J connectivity index is 6.20. The average Bonchev–Trinajstić information content (AvgIpc) is 2.41. The van der Waals surface area contributed by atoms with Gasteiger partial charge in [-0.1, -0.05) is 32.4 Å². The Morgan fingerprint density at radius 3 is 1.50 bits per heavy atom. The maximum atomic E-state index is 14.2. The summed E-state index contributed by atoms with van der Waals surface area (Å²) in [6, 6.07) is 0. The summed E-state index contributed by atoms with van der Waals surface area (Å²) in [7, 11) is 0. The van der Waals surface area contributed by atoms with Crippen LogP contribution >= 0.6 is 0 Å². The molecule has 11 heteroatoms. The Morgan fingerprint density at radius 1 is 0.893 bits per heavy atom. The van der Waals surface area contributed by atoms with Crippen LogP contribution in [0.3, 0.4) is 0 Å². The second-order valence-corrected chi connectivity index (χ2v) is 8.05. The zero-order valence-electron chi connectivity index (χ0n) is 16.4. The lowest BCUT2D eigenvalue weighted by atomic mass is 9.67. The van der Waals surface area contributed by atoms with Crippen LogP contribution in [0.1, 0.15) is 48.5 Å². The van der Waals surface area contributed by atoms with E-state index in [0.717, 1.165) is 0 Å². The van der Waals surface area contributed by atoms with Crippen LogP contribution < -0.4 is 0 Å². The van der Waals surface area contributed by atoms with Gasteiger partial charge in [0.15, 0.2) is 6.10 Å². The lowest BCUT2D eigenvalue weighted by Crippen LogP contribution is -2.71. The van der Waals surface area contributed by atoms with Crippen molar-refractivity contribution in [3.05, 3.63) is 11.6 Å². The van der Waals surface area contributed by atoms with Gasteiger partial charge in [-0.05, 0) is 33.1 Å². The number of halogens is 8. The number of carbonyl (C=O) groups excluding carboxylic acids is 1. The molecule has 0 radical (unpaired) electrons. The molecule has 0 heterocycles. The van der Waals surface area contributed by atoms with Crippen LogP contribution in [-0.2, 0) is 9.53 Å². The van der Waals surface area contributed by atoms with Gasteiger partial charge in [-0.2, -0.15) is 35.1 Å². The van der Waals surface area contributed by atoms with Crippen molar-refractivity contribution >= 4 is 5.97 Å². The summed E-state index contributed by atoms with van der Waals surface area (Å²) in [4.78, 5) is 12.5. The Labute approximate surface area is 157 Å². The number of allylic oxidation sites excluding steroid dienone is 1. The van der Waals surface area contributed by atoms with Crippen molar-refractivity contribution in [2.24, 2.45) is 10.8 Å². The Hall–Kier alpha value is -1.39. The van der Waals surface area contributed by atoms with E-state index in [1.54, 1.807) is 13.8 Å². The highest BCUT2D eigenvalue weighted by Gasteiger charge is 2.84. The standard InChI is InChI=1S/C17H24F8O3/c1-9(2)8-13(7,12(4,5)6)11(26)28-10(3)14(18,19)15(27,16(20,21)22)17(23,24)25/h8,10,27H,1-7H3. The molecule has 0 saturated heterocycles. The van der Waals surface area contributed by atoms with Gasteiger partial charge in [0.05, 0.1) is 5.41 Å². The molecule has 3 nitrogen and oxygen atoms in total. The Bertz CT molecular complexity index is 595. The van der Waals surface area contributed by atoms with E-state index < -0.39 is 46.8 Å². The van der Waals surface area contributed by atoms with Crippen molar-refractivity contribution in [1.29, 1.82) is 0 Å². The van der Waals surface area contributed by atoms with E-state index in [2.05, 4.69) is 4.74 Å². The predicted octanol–water partition coefficient (Wildman–Crippen LogP) is 5.43. The molecule has 1 N–H and O–H groups in total. The summed E-state index contributed by atoms with van der Waals surface area (Å²) in [6.45, 7) is 9.07. The van der Waals surface area contributed by atoms with Gasteiger partial charge in [-0.15, -0.1) is 0 Å². The molecule has 0 amide bonds. The molecule has 2 unspecified atom stereocenters. The van der Waals surface area contributed by atoms with Gasteiger partial charge in [0.25, 0.3) is 0 Å². The second-order valence-electron chi connectivity index (χ2n) is 8.05. The molecule has 0 aromatic heterocycles. The number of carbonyl (C=O) groups is 1. The first-order valence-electron chi connectivity index (χ1n) is 8.07. The van der Waals surface area contributed by atoms with Crippen LogP contribution in [0.15, 0.2) is 11.6 Å². The van der Waals surface area contributed by atoms with Crippen LogP contribution in [0.2, 0.25) is 0 Å². The van der Waals surface area contributed by atoms with E-state index in [0.29, 0.717) is 5.57 Å². The van der Waals surface area contributed by atoms with Crippen molar-refractivity contribution in [3.63, 3.8) is 0 Å².